The van der Waals surface area contributed by atoms with Gasteiger partial charge in [-0.2, -0.15) is 0 Å². The van der Waals surface area contributed by atoms with Gasteiger partial charge in [-0.3, -0.25) is 4.79 Å². The van der Waals surface area contributed by atoms with E-state index in [1.54, 1.807) is 0 Å². The van der Waals surface area contributed by atoms with Crippen LogP contribution in [0.15, 0.2) is 6.07 Å². The molecule has 6 nitrogen and oxygen atoms in total. The molecule has 0 bridgehead atoms. The number of ether oxygens (including phenoxy) is 1. The van der Waals surface area contributed by atoms with E-state index in [4.69, 9.17) is 4.74 Å². The monoisotopic (exact) mass is 334 g/mol. The number of hydrogen-bond acceptors (Lipinski definition) is 3. The molecular weight excluding hydrogens is 308 g/mol. The Kier molecular flexibility index (Phi) is 4.94. The van der Waals surface area contributed by atoms with E-state index in [2.05, 4.69) is 4.57 Å². The van der Waals surface area contributed by atoms with Gasteiger partial charge in [-0.25, -0.2) is 4.79 Å². The molecular formula is C18H26N2O4. The van der Waals surface area contributed by atoms with E-state index in [-0.39, 0.29) is 12.5 Å². The Balaban J connectivity index is 1.88. The predicted octanol–water partition coefficient (Wildman–Crippen LogP) is 2.54. The number of rotatable bonds is 3. The zero-order valence-electron chi connectivity index (χ0n) is 14.5. The van der Waals surface area contributed by atoms with E-state index in [9.17, 15) is 14.7 Å². The maximum absolute atomic E-state index is 13.0. The summed E-state index contributed by atoms with van der Waals surface area (Å²) in [6, 6.07) is 1.48. The van der Waals surface area contributed by atoms with Crippen LogP contribution in [0.3, 0.4) is 0 Å². The van der Waals surface area contributed by atoms with Gasteiger partial charge in [-0.05, 0) is 32.8 Å². The molecule has 1 unspecified atom stereocenters. The second-order valence-corrected chi connectivity index (χ2v) is 6.87. The van der Waals surface area contributed by atoms with Gasteiger partial charge in [0.2, 0.25) is 0 Å². The SMILES string of the molecule is Cc1cc(C(=O)N2CCOCC2C(=O)O)c(C)n1C1CCCCC1. The number of aliphatic carboxylic acids is 1. The highest BCUT2D eigenvalue weighted by Crippen LogP contribution is 2.32. The molecule has 0 radical (unpaired) electrons. The fourth-order valence-electron chi connectivity index (χ4n) is 4.10. The van der Waals surface area contributed by atoms with Crippen LogP contribution in [0.25, 0.3) is 0 Å². The van der Waals surface area contributed by atoms with E-state index >= 15 is 0 Å². The van der Waals surface area contributed by atoms with Crippen LogP contribution in [-0.2, 0) is 9.53 Å². The third kappa shape index (κ3) is 3.07. The molecule has 1 aliphatic heterocycles. The molecule has 132 valence electrons. The summed E-state index contributed by atoms with van der Waals surface area (Å²) in [5, 5.41) is 9.36. The predicted molar refractivity (Wildman–Crippen MR) is 89.3 cm³/mol. The minimum atomic E-state index is -1.01. The van der Waals surface area contributed by atoms with Crippen LogP contribution in [0.5, 0.6) is 0 Å². The molecule has 3 rings (SSSR count). The molecule has 1 atom stereocenters. The van der Waals surface area contributed by atoms with Crippen LogP contribution in [0.2, 0.25) is 0 Å². The Hall–Kier alpha value is -1.82. The van der Waals surface area contributed by atoms with Gasteiger partial charge in [0.15, 0.2) is 6.04 Å². The van der Waals surface area contributed by atoms with Crippen molar-refractivity contribution in [2.45, 2.75) is 58.0 Å². The first-order chi connectivity index (χ1) is 11.5. The van der Waals surface area contributed by atoms with Gasteiger partial charge in [-0.15, -0.1) is 0 Å². The van der Waals surface area contributed by atoms with Gasteiger partial charge in [0.05, 0.1) is 18.8 Å². The van der Waals surface area contributed by atoms with Crippen molar-refractivity contribution in [1.82, 2.24) is 9.47 Å². The number of carbonyl (C=O) groups is 2. The molecule has 1 aliphatic carbocycles. The van der Waals surface area contributed by atoms with Gasteiger partial charge in [-0.1, -0.05) is 19.3 Å². The lowest BCUT2D eigenvalue weighted by Gasteiger charge is -2.33. The van der Waals surface area contributed by atoms with Crippen molar-refractivity contribution >= 4 is 11.9 Å². The number of aromatic nitrogens is 1. The molecule has 1 saturated heterocycles. The van der Waals surface area contributed by atoms with Crippen LogP contribution < -0.4 is 0 Å². The van der Waals surface area contributed by atoms with Crippen LogP contribution >= 0.6 is 0 Å². The highest BCUT2D eigenvalue weighted by molar-refractivity contribution is 5.98. The van der Waals surface area contributed by atoms with Crippen molar-refractivity contribution in [1.29, 1.82) is 0 Å². The summed E-state index contributed by atoms with van der Waals surface area (Å²) in [4.78, 5) is 25.8. The largest absolute Gasteiger partial charge is 0.480 e. The van der Waals surface area contributed by atoms with Gasteiger partial charge in [0, 0.05) is 24.0 Å². The number of nitrogens with zero attached hydrogens (tertiary/aromatic N) is 2. The molecule has 1 aromatic rings. The number of carbonyl (C=O) groups excluding carboxylic acids is 1. The highest BCUT2D eigenvalue weighted by atomic mass is 16.5. The average molecular weight is 334 g/mol. The Morgan fingerprint density at radius 3 is 2.58 bits per heavy atom. The van der Waals surface area contributed by atoms with Crippen molar-refractivity contribution in [2.75, 3.05) is 19.8 Å². The molecule has 2 aliphatic rings. The Bertz CT molecular complexity index is 631. The fourth-order valence-corrected chi connectivity index (χ4v) is 4.10. The standard InChI is InChI=1S/C18H26N2O4/c1-12-10-15(13(2)20(12)14-6-4-3-5-7-14)17(21)19-8-9-24-11-16(19)18(22)23/h10,14,16H,3-9,11H2,1-2H3,(H,22,23). The fraction of sp³-hybridized carbons (Fsp3) is 0.667. The van der Waals surface area contributed by atoms with Gasteiger partial charge < -0.3 is 19.3 Å². The summed E-state index contributed by atoms with van der Waals surface area (Å²) in [6.07, 6.45) is 6.05. The maximum atomic E-state index is 13.0. The quantitative estimate of drug-likeness (QED) is 0.922. The van der Waals surface area contributed by atoms with Crippen LogP contribution in [-0.4, -0.2) is 52.3 Å². The lowest BCUT2D eigenvalue weighted by molar-refractivity contribution is -0.147. The lowest BCUT2D eigenvalue weighted by atomic mass is 9.95. The van der Waals surface area contributed by atoms with Crippen LogP contribution in [0, 0.1) is 13.8 Å². The van der Waals surface area contributed by atoms with E-state index in [0.717, 1.165) is 24.2 Å². The molecule has 1 saturated carbocycles. The normalized spacial score (nSPS) is 22.6. The number of carboxylic acid groups (broad SMARTS) is 1. The van der Waals surface area contributed by atoms with Crippen molar-refractivity contribution in [3.8, 4) is 0 Å². The maximum Gasteiger partial charge on any atom is 0.328 e. The molecule has 0 spiro atoms. The van der Waals surface area contributed by atoms with E-state index in [1.807, 2.05) is 19.9 Å². The number of carboxylic acids is 1. The average Bonchev–Trinajstić information content (AvgIpc) is 2.89. The first-order valence-corrected chi connectivity index (χ1v) is 8.80. The topological polar surface area (TPSA) is 71.8 Å². The molecule has 2 fully saturated rings. The molecule has 24 heavy (non-hydrogen) atoms. The third-order valence-electron chi connectivity index (χ3n) is 5.33. The van der Waals surface area contributed by atoms with Crippen molar-refractivity contribution in [3.05, 3.63) is 23.0 Å². The summed E-state index contributed by atoms with van der Waals surface area (Å²) < 4.78 is 7.51. The first-order valence-electron chi connectivity index (χ1n) is 8.80. The summed E-state index contributed by atoms with van der Waals surface area (Å²) in [5.41, 5.74) is 2.68. The molecule has 2 heterocycles. The zero-order valence-corrected chi connectivity index (χ0v) is 14.5. The van der Waals surface area contributed by atoms with E-state index in [0.29, 0.717) is 24.8 Å². The number of morpholine rings is 1. The number of aryl methyl sites for hydroxylation is 1. The molecule has 1 N–H and O–H groups in total. The Labute approximate surface area is 142 Å². The van der Waals surface area contributed by atoms with Crippen molar-refractivity contribution < 1.29 is 19.4 Å². The molecule has 6 heteroatoms. The van der Waals surface area contributed by atoms with E-state index in [1.165, 1.54) is 24.2 Å². The Morgan fingerprint density at radius 2 is 1.92 bits per heavy atom. The first kappa shape index (κ1) is 17.0. The third-order valence-corrected chi connectivity index (χ3v) is 5.33. The van der Waals surface area contributed by atoms with Gasteiger partial charge in [0.1, 0.15) is 0 Å². The van der Waals surface area contributed by atoms with Crippen molar-refractivity contribution in [3.63, 3.8) is 0 Å². The van der Waals surface area contributed by atoms with E-state index < -0.39 is 12.0 Å². The lowest BCUT2D eigenvalue weighted by Crippen LogP contribution is -2.52. The zero-order chi connectivity index (χ0) is 17.3. The van der Waals surface area contributed by atoms with Crippen LogP contribution in [0.4, 0.5) is 0 Å². The summed E-state index contributed by atoms with van der Waals surface area (Å²) in [7, 11) is 0. The molecule has 1 amide bonds. The second kappa shape index (κ2) is 6.97. The minimum Gasteiger partial charge on any atom is -0.480 e. The smallest absolute Gasteiger partial charge is 0.328 e. The summed E-state index contributed by atoms with van der Waals surface area (Å²) in [5.74, 6) is -1.20. The highest BCUT2D eigenvalue weighted by Gasteiger charge is 2.35. The molecule has 1 aromatic heterocycles. The minimum absolute atomic E-state index is 0.0580. The number of amides is 1. The second-order valence-electron chi connectivity index (χ2n) is 6.87. The van der Waals surface area contributed by atoms with Crippen molar-refractivity contribution in [2.24, 2.45) is 0 Å². The van der Waals surface area contributed by atoms with Crippen LogP contribution in [0.1, 0.15) is 59.9 Å². The van der Waals surface area contributed by atoms with Gasteiger partial charge in [0.25, 0.3) is 5.91 Å². The summed E-state index contributed by atoms with van der Waals surface area (Å²) in [6.45, 7) is 4.78. The number of hydrogen-bond donors (Lipinski definition) is 1. The summed E-state index contributed by atoms with van der Waals surface area (Å²) >= 11 is 0. The van der Waals surface area contributed by atoms with Gasteiger partial charge >= 0.3 is 5.97 Å². The molecule has 0 aromatic carbocycles. The Morgan fingerprint density at radius 1 is 1.21 bits per heavy atom.